The lowest BCUT2D eigenvalue weighted by Crippen LogP contribution is -2.19. The summed E-state index contributed by atoms with van der Waals surface area (Å²) in [5.41, 5.74) is 5.91. The number of benzene rings is 3. The lowest BCUT2D eigenvalue weighted by Gasteiger charge is -2.24. The SMILES string of the molecule is Oc1ccc2c(c1)-c1cccc3c4c(cc-2c13)C(O)C(O)C=C4. The van der Waals surface area contributed by atoms with Crippen LogP contribution in [0.5, 0.6) is 5.75 Å². The maximum atomic E-state index is 10.4. The number of rotatable bonds is 0. The van der Waals surface area contributed by atoms with Crippen LogP contribution in [-0.4, -0.2) is 21.4 Å². The first-order valence-electron chi connectivity index (χ1n) is 7.63. The number of aromatic hydroxyl groups is 1. The summed E-state index contributed by atoms with van der Waals surface area (Å²) in [7, 11) is 0. The van der Waals surface area contributed by atoms with Crippen molar-refractivity contribution in [2.24, 2.45) is 0 Å². The third-order valence-corrected chi connectivity index (χ3v) is 4.92. The van der Waals surface area contributed by atoms with Crippen molar-refractivity contribution in [2.75, 3.05) is 0 Å². The fourth-order valence-corrected chi connectivity index (χ4v) is 3.87. The summed E-state index contributed by atoms with van der Waals surface area (Å²) in [6.07, 6.45) is 1.72. The van der Waals surface area contributed by atoms with Gasteiger partial charge in [-0.2, -0.15) is 0 Å². The molecule has 2 aliphatic rings. The quantitative estimate of drug-likeness (QED) is 0.465. The number of aliphatic hydroxyl groups is 2. The number of hydrogen-bond acceptors (Lipinski definition) is 3. The minimum absolute atomic E-state index is 0.244. The van der Waals surface area contributed by atoms with Crippen LogP contribution < -0.4 is 0 Å². The first kappa shape index (κ1) is 12.9. The predicted molar refractivity (Wildman–Crippen MR) is 90.0 cm³/mol. The van der Waals surface area contributed by atoms with Crippen molar-refractivity contribution in [1.82, 2.24) is 0 Å². The molecule has 5 rings (SSSR count). The van der Waals surface area contributed by atoms with E-state index in [4.69, 9.17) is 0 Å². The average molecular weight is 302 g/mol. The van der Waals surface area contributed by atoms with Gasteiger partial charge in [0.25, 0.3) is 0 Å². The van der Waals surface area contributed by atoms with Gasteiger partial charge in [0.05, 0.1) is 0 Å². The summed E-state index contributed by atoms with van der Waals surface area (Å²) in [4.78, 5) is 0. The van der Waals surface area contributed by atoms with E-state index in [0.717, 1.165) is 44.2 Å². The molecule has 0 spiro atoms. The maximum Gasteiger partial charge on any atom is 0.116 e. The van der Waals surface area contributed by atoms with E-state index in [1.165, 1.54) is 0 Å². The zero-order chi connectivity index (χ0) is 15.7. The molecule has 23 heavy (non-hydrogen) atoms. The Morgan fingerprint density at radius 1 is 0.826 bits per heavy atom. The standard InChI is InChI=1S/C20H14O3/c21-10-4-5-12-15(8-10)14-3-1-2-13-11-6-7-18(22)20(23)17(11)9-16(12)19(13)14/h1-9,18,20-23H. The summed E-state index contributed by atoms with van der Waals surface area (Å²) < 4.78 is 0. The maximum absolute atomic E-state index is 10.4. The van der Waals surface area contributed by atoms with Gasteiger partial charge < -0.3 is 15.3 Å². The molecule has 2 unspecified atom stereocenters. The highest BCUT2D eigenvalue weighted by atomic mass is 16.3. The van der Waals surface area contributed by atoms with Crippen LogP contribution in [0.25, 0.3) is 39.1 Å². The Morgan fingerprint density at radius 3 is 2.57 bits per heavy atom. The van der Waals surface area contributed by atoms with Crippen molar-refractivity contribution in [3.8, 4) is 28.0 Å². The topological polar surface area (TPSA) is 60.7 Å². The molecule has 0 amide bonds. The van der Waals surface area contributed by atoms with E-state index in [1.807, 2.05) is 30.3 Å². The van der Waals surface area contributed by atoms with E-state index in [1.54, 1.807) is 18.2 Å². The largest absolute Gasteiger partial charge is 0.508 e. The van der Waals surface area contributed by atoms with Crippen molar-refractivity contribution in [3.05, 3.63) is 59.7 Å². The van der Waals surface area contributed by atoms with Crippen molar-refractivity contribution >= 4 is 16.8 Å². The Labute approximate surface area is 132 Å². The zero-order valence-corrected chi connectivity index (χ0v) is 12.2. The monoisotopic (exact) mass is 302 g/mol. The molecule has 0 saturated heterocycles. The Bertz CT molecular complexity index is 1020. The van der Waals surface area contributed by atoms with Crippen molar-refractivity contribution in [2.45, 2.75) is 12.2 Å². The van der Waals surface area contributed by atoms with Crippen LogP contribution in [0.1, 0.15) is 17.2 Å². The molecule has 2 aliphatic carbocycles. The minimum Gasteiger partial charge on any atom is -0.508 e. The highest BCUT2D eigenvalue weighted by Gasteiger charge is 2.29. The predicted octanol–water partition coefficient (Wildman–Crippen LogP) is 3.61. The van der Waals surface area contributed by atoms with E-state index in [9.17, 15) is 15.3 Å². The van der Waals surface area contributed by atoms with Gasteiger partial charge in [-0.15, -0.1) is 0 Å². The van der Waals surface area contributed by atoms with Gasteiger partial charge in [-0.05, 0) is 62.4 Å². The zero-order valence-electron chi connectivity index (χ0n) is 12.2. The second-order valence-corrected chi connectivity index (χ2v) is 6.18. The van der Waals surface area contributed by atoms with E-state index in [0.29, 0.717) is 0 Å². The van der Waals surface area contributed by atoms with E-state index in [2.05, 4.69) is 6.07 Å². The fraction of sp³-hybridized carbons (Fsp3) is 0.100. The number of hydrogen-bond donors (Lipinski definition) is 3. The van der Waals surface area contributed by atoms with Gasteiger partial charge in [-0.3, -0.25) is 0 Å². The summed E-state index contributed by atoms with van der Waals surface area (Å²) in [6, 6.07) is 13.4. The Hall–Kier alpha value is -2.62. The first-order valence-corrected chi connectivity index (χ1v) is 7.63. The fourth-order valence-electron chi connectivity index (χ4n) is 3.87. The lowest BCUT2D eigenvalue weighted by atomic mass is 9.86. The smallest absolute Gasteiger partial charge is 0.116 e. The van der Waals surface area contributed by atoms with Crippen molar-refractivity contribution in [1.29, 1.82) is 0 Å². The first-order chi connectivity index (χ1) is 11.1. The summed E-state index contributed by atoms with van der Waals surface area (Å²) >= 11 is 0. The molecule has 3 nitrogen and oxygen atoms in total. The molecule has 0 aliphatic heterocycles. The van der Waals surface area contributed by atoms with Crippen LogP contribution >= 0.6 is 0 Å². The number of fused-ring (bicyclic) bond motifs is 5. The third kappa shape index (κ3) is 1.55. The molecule has 2 atom stereocenters. The van der Waals surface area contributed by atoms with Gasteiger partial charge >= 0.3 is 0 Å². The molecule has 112 valence electrons. The summed E-state index contributed by atoms with van der Waals surface area (Å²) in [6.45, 7) is 0. The molecule has 0 aromatic heterocycles. The Balaban J connectivity index is 1.96. The molecular formula is C20H14O3. The molecular weight excluding hydrogens is 288 g/mol. The highest BCUT2D eigenvalue weighted by Crippen LogP contribution is 2.51. The molecule has 0 saturated carbocycles. The van der Waals surface area contributed by atoms with Crippen molar-refractivity contribution in [3.63, 3.8) is 0 Å². The van der Waals surface area contributed by atoms with Crippen LogP contribution in [0, 0.1) is 0 Å². The van der Waals surface area contributed by atoms with Crippen LogP contribution in [-0.2, 0) is 0 Å². The average Bonchev–Trinajstić information content (AvgIpc) is 2.87. The second kappa shape index (κ2) is 4.22. The molecule has 3 aromatic rings. The normalized spacial score (nSPS) is 20.6. The second-order valence-electron chi connectivity index (χ2n) is 6.18. The molecule has 3 N–H and O–H groups in total. The van der Waals surface area contributed by atoms with Crippen LogP contribution in [0.3, 0.4) is 0 Å². The number of aliphatic hydroxyl groups excluding tert-OH is 2. The number of phenolic OH excluding ortho intramolecular Hbond substituents is 1. The molecule has 3 aromatic carbocycles. The number of phenols is 1. The third-order valence-electron chi connectivity index (χ3n) is 4.92. The molecule has 0 fully saturated rings. The Kier molecular flexibility index (Phi) is 2.36. The van der Waals surface area contributed by atoms with Gasteiger partial charge in [-0.25, -0.2) is 0 Å². The van der Waals surface area contributed by atoms with Gasteiger partial charge in [-0.1, -0.05) is 36.4 Å². The molecule has 3 heteroatoms. The lowest BCUT2D eigenvalue weighted by molar-refractivity contribution is 0.0471. The molecule has 0 bridgehead atoms. The molecule has 0 radical (unpaired) electrons. The minimum atomic E-state index is -0.916. The molecule has 0 heterocycles. The van der Waals surface area contributed by atoms with Crippen LogP contribution in [0.15, 0.2) is 48.5 Å². The Morgan fingerprint density at radius 2 is 1.70 bits per heavy atom. The van der Waals surface area contributed by atoms with E-state index >= 15 is 0 Å². The van der Waals surface area contributed by atoms with Gasteiger partial charge in [0.15, 0.2) is 0 Å². The van der Waals surface area contributed by atoms with E-state index < -0.39 is 12.2 Å². The van der Waals surface area contributed by atoms with Gasteiger partial charge in [0.1, 0.15) is 18.0 Å². The highest BCUT2D eigenvalue weighted by molar-refractivity contribution is 6.17. The van der Waals surface area contributed by atoms with Gasteiger partial charge in [0, 0.05) is 0 Å². The van der Waals surface area contributed by atoms with Crippen LogP contribution in [0.2, 0.25) is 0 Å². The van der Waals surface area contributed by atoms with E-state index in [-0.39, 0.29) is 5.75 Å². The van der Waals surface area contributed by atoms with Gasteiger partial charge in [0.2, 0.25) is 0 Å². The summed E-state index contributed by atoms with van der Waals surface area (Å²) in [5.74, 6) is 0.244. The van der Waals surface area contributed by atoms with Crippen LogP contribution in [0.4, 0.5) is 0 Å². The van der Waals surface area contributed by atoms with Crippen molar-refractivity contribution < 1.29 is 15.3 Å². The summed E-state index contributed by atoms with van der Waals surface area (Å²) in [5, 5.41) is 32.3.